The molecule has 0 unspecified atom stereocenters. The van der Waals surface area contributed by atoms with Gasteiger partial charge in [0.1, 0.15) is 0 Å². The molecular weight excluding hydrogens is 284 g/mol. The maximum absolute atomic E-state index is 12.1. The lowest BCUT2D eigenvalue weighted by atomic mass is 10.1. The Balaban J connectivity index is 1.95. The molecule has 1 aromatic rings. The minimum absolute atomic E-state index is 0.0357. The Hall–Kier alpha value is -1.89. The van der Waals surface area contributed by atoms with Gasteiger partial charge in [-0.1, -0.05) is 13.3 Å². The van der Waals surface area contributed by atoms with Crippen molar-refractivity contribution in [2.75, 3.05) is 19.6 Å². The first kappa shape index (κ1) is 16.5. The number of H-pyrrole nitrogens is 2. The van der Waals surface area contributed by atoms with Crippen LogP contribution in [0.25, 0.3) is 0 Å². The van der Waals surface area contributed by atoms with Crippen molar-refractivity contribution in [3.63, 3.8) is 0 Å². The maximum Gasteiger partial charge on any atom is 0.325 e. The van der Waals surface area contributed by atoms with Crippen LogP contribution in [0.5, 0.6) is 0 Å². The van der Waals surface area contributed by atoms with Crippen molar-refractivity contribution >= 4 is 5.91 Å². The number of aromatic amines is 2. The molecular formula is C15H24N4O3. The molecule has 0 saturated carbocycles. The van der Waals surface area contributed by atoms with E-state index >= 15 is 0 Å². The molecule has 0 spiro atoms. The third-order valence-electron chi connectivity index (χ3n) is 4.20. The van der Waals surface area contributed by atoms with Crippen LogP contribution in [-0.4, -0.2) is 46.5 Å². The molecule has 1 aliphatic heterocycles. The Morgan fingerprint density at radius 1 is 1.45 bits per heavy atom. The molecule has 122 valence electrons. The maximum atomic E-state index is 12.1. The molecule has 1 saturated heterocycles. The number of carbonyl (C=O) groups excluding carboxylic acids is 1. The minimum atomic E-state index is -0.480. The van der Waals surface area contributed by atoms with Crippen LogP contribution in [-0.2, 0) is 4.79 Å². The molecule has 0 aliphatic carbocycles. The molecule has 0 radical (unpaired) electrons. The molecule has 2 atom stereocenters. The zero-order chi connectivity index (χ0) is 16.1. The van der Waals surface area contributed by atoms with Crippen LogP contribution in [0.15, 0.2) is 15.7 Å². The van der Waals surface area contributed by atoms with E-state index in [1.54, 1.807) is 0 Å². The molecule has 1 amide bonds. The van der Waals surface area contributed by atoms with Crippen molar-refractivity contribution in [1.82, 2.24) is 20.2 Å². The van der Waals surface area contributed by atoms with Crippen LogP contribution in [0.4, 0.5) is 0 Å². The van der Waals surface area contributed by atoms with Crippen molar-refractivity contribution < 1.29 is 4.79 Å². The molecule has 1 fully saturated rings. The first-order valence-electron chi connectivity index (χ1n) is 7.86. The van der Waals surface area contributed by atoms with Gasteiger partial charge in [0.25, 0.3) is 5.56 Å². The standard InChI is InChI=1S/C15H24N4O3/c1-3-4-6-16-14(21)10(2)19-7-5-11(9-19)12-8-13(20)18-15(22)17-12/h8,10-11H,3-7,9H2,1-2H3,(H,16,21)(H2,17,18,20,22)/t10-,11+/m0/s1. The summed E-state index contributed by atoms with van der Waals surface area (Å²) in [6, 6.07) is 1.23. The van der Waals surface area contributed by atoms with E-state index in [2.05, 4.69) is 27.1 Å². The fourth-order valence-electron chi connectivity index (χ4n) is 2.80. The van der Waals surface area contributed by atoms with Gasteiger partial charge in [0.15, 0.2) is 0 Å². The number of carbonyl (C=O) groups is 1. The third kappa shape index (κ3) is 4.07. The summed E-state index contributed by atoms with van der Waals surface area (Å²) in [7, 11) is 0. The van der Waals surface area contributed by atoms with Gasteiger partial charge < -0.3 is 10.3 Å². The van der Waals surface area contributed by atoms with E-state index in [1.807, 2.05) is 6.92 Å². The number of aromatic nitrogens is 2. The van der Waals surface area contributed by atoms with Crippen molar-refractivity contribution in [2.45, 2.75) is 45.1 Å². The van der Waals surface area contributed by atoms with Gasteiger partial charge in [0, 0.05) is 30.8 Å². The highest BCUT2D eigenvalue weighted by molar-refractivity contribution is 5.81. The fourth-order valence-corrected chi connectivity index (χ4v) is 2.80. The highest BCUT2D eigenvalue weighted by Gasteiger charge is 2.30. The van der Waals surface area contributed by atoms with Gasteiger partial charge in [0.05, 0.1) is 6.04 Å². The van der Waals surface area contributed by atoms with Gasteiger partial charge in [0.2, 0.25) is 5.91 Å². The van der Waals surface area contributed by atoms with E-state index in [-0.39, 0.29) is 23.4 Å². The molecule has 3 N–H and O–H groups in total. The van der Waals surface area contributed by atoms with Gasteiger partial charge in [-0.3, -0.25) is 19.5 Å². The highest BCUT2D eigenvalue weighted by Crippen LogP contribution is 2.25. The normalized spacial score (nSPS) is 20.0. The number of rotatable bonds is 6. The van der Waals surface area contributed by atoms with Crippen molar-refractivity contribution in [3.8, 4) is 0 Å². The summed E-state index contributed by atoms with van der Waals surface area (Å²) in [4.78, 5) is 41.8. The fraction of sp³-hybridized carbons (Fsp3) is 0.667. The average Bonchev–Trinajstić information content (AvgIpc) is 2.95. The molecule has 22 heavy (non-hydrogen) atoms. The van der Waals surface area contributed by atoms with E-state index in [0.29, 0.717) is 18.8 Å². The number of nitrogens with one attached hydrogen (secondary N) is 3. The van der Waals surface area contributed by atoms with Crippen LogP contribution in [0, 0.1) is 0 Å². The zero-order valence-corrected chi connectivity index (χ0v) is 13.1. The predicted octanol–water partition coefficient (Wildman–Crippen LogP) is 0.157. The van der Waals surface area contributed by atoms with Crippen LogP contribution >= 0.6 is 0 Å². The van der Waals surface area contributed by atoms with Crippen LogP contribution in [0.1, 0.15) is 44.7 Å². The minimum Gasteiger partial charge on any atom is -0.355 e. The van der Waals surface area contributed by atoms with Gasteiger partial charge >= 0.3 is 5.69 Å². The molecule has 0 aromatic carbocycles. The van der Waals surface area contributed by atoms with Crippen LogP contribution in [0.3, 0.4) is 0 Å². The molecule has 1 aromatic heterocycles. The summed E-state index contributed by atoms with van der Waals surface area (Å²) in [5.74, 6) is 0.120. The quantitative estimate of drug-likeness (QED) is 0.652. The molecule has 0 bridgehead atoms. The SMILES string of the molecule is CCCCNC(=O)[C@H](C)N1CC[C@@H](c2cc(=O)[nH]c(=O)[nH]2)C1. The molecule has 1 aliphatic rings. The number of unbranched alkanes of at least 4 members (excludes halogenated alkanes) is 1. The molecule has 2 rings (SSSR count). The Bertz CT molecular complexity index is 593. The van der Waals surface area contributed by atoms with Gasteiger partial charge in [-0.25, -0.2) is 4.79 Å². The largest absolute Gasteiger partial charge is 0.355 e. The lowest BCUT2D eigenvalue weighted by molar-refractivity contribution is -0.125. The number of amides is 1. The number of hydrogen-bond donors (Lipinski definition) is 3. The van der Waals surface area contributed by atoms with Crippen LogP contribution < -0.4 is 16.6 Å². The van der Waals surface area contributed by atoms with E-state index in [4.69, 9.17) is 0 Å². The second-order valence-electron chi connectivity index (χ2n) is 5.84. The lowest BCUT2D eigenvalue weighted by Gasteiger charge is -2.23. The first-order valence-corrected chi connectivity index (χ1v) is 7.86. The second kappa shape index (κ2) is 7.40. The van der Waals surface area contributed by atoms with Gasteiger partial charge in [-0.2, -0.15) is 0 Å². The van der Waals surface area contributed by atoms with E-state index in [0.717, 1.165) is 25.8 Å². The second-order valence-corrected chi connectivity index (χ2v) is 5.84. The summed E-state index contributed by atoms with van der Waals surface area (Å²) < 4.78 is 0. The third-order valence-corrected chi connectivity index (χ3v) is 4.20. The van der Waals surface area contributed by atoms with Gasteiger partial charge in [-0.15, -0.1) is 0 Å². The van der Waals surface area contributed by atoms with Crippen molar-refractivity contribution in [3.05, 3.63) is 32.6 Å². The monoisotopic (exact) mass is 308 g/mol. The Kier molecular flexibility index (Phi) is 5.54. The number of hydrogen-bond acceptors (Lipinski definition) is 4. The summed E-state index contributed by atoms with van der Waals surface area (Å²) in [6.07, 6.45) is 2.86. The first-order chi connectivity index (χ1) is 10.5. The highest BCUT2D eigenvalue weighted by atomic mass is 16.2. The Morgan fingerprint density at radius 2 is 2.23 bits per heavy atom. The summed E-state index contributed by atoms with van der Waals surface area (Å²) >= 11 is 0. The summed E-state index contributed by atoms with van der Waals surface area (Å²) in [5, 5.41) is 2.94. The predicted molar refractivity (Wildman–Crippen MR) is 84.0 cm³/mol. The van der Waals surface area contributed by atoms with E-state index < -0.39 is 5.69 Å². The van der Waals surface area contributed by atoms with E-state index in [1.165, 1.54) is 6.07 Å². The Morgan fingerprint density at radius 3 is 2.91 bits per heavy atom. The lowest BCUT2D eigenvalue weighted by Crippen LogP contribution is -2.44. The molecule has 7 nitrogen and oxygen atoms in total. The zero-order valence-electron chi connectivity index (χ0n) is 13.1. The Labute approximate surface area is 129 Å². The van der Waals surface area contributed by atoms with E-state index in [9.17, 15) is 14.4 Å². The molecule has 2 heterocycles. The number of nitrogens with zero attached hydrogens (tertiary/aromatic N) is 1. The van der Waals surface area contributed by atoms with Crippen molar-refractivity contribution in [2.24, 2.45) is 0 Å². The van der Waals surface area contributed by atoms with Gasteiger partial charge in [-0.05, 0) is 26.3 Å². The topological polar surface area (TPSA) is 98.1 Å². The average molecular weight is 308 g/mol. The van der Waals surface area contributed by atoms with Crippen LogP contribution in [0.2, 0.25) is 0 Å². The summed E-state index contributed by atoms with van der Waals surface area (Å²) in [6.45, 7) is 6.13. The van der Waals surface area contributed by atoms with Crippen molar-refractivity contribution in [1.29, 1.82) is 0 Å². The smallest absolute Gasteiger partial charge is 0.325 e. The summed E-state index contributed by atoms with van der Waals surface area (Å²) in [5.41, 5.74) is -0.219. The molecule has 7 heteroatoms. The number of likely N-dealkylation sites (tertiary alicyclic amines) is 1.